The minimum absolute atomic E-state index is 0.0270. The van der Waals surface area contributed by atoms with Crippen LogP contribution in [-0.4, -0.2) is 44.3 Å². The fourth-order valence-electron chi connectivity index (χ4n) is 3.94. The zero-order chi connectivity index (χ0) is 23.5. The molecule has 11 nitrogen and oxygen atoms in total. The SMILES string of the molecule is Cc1csc(NC(=O)C2CCN(C(=O)CCCn3c(=O)oc4cc([N+](=O)[O-])ccc43)CC2)n1. The van der Waals surface area contributed by atoms with E-state index in [0.29, 0.717) is 43.0 Å². The second-order valence-electron chi connectivity index (χ2n) is 7.97. The molecule has 33 heavy (non-hydrogen) atoms. The van der Waals surface area contributed by atoms with E-state index in [2.05, 4.69) is 10.3 Å². The number of thiazole rings is 1. The predicted octanol–water partition coefficient (Wildman–Crippen LogP) is 2.93. The molecule has 1 saturated heterocycles. The number of nitro benzene ring substituents is 1. The number of aromatic nitrogens is 2. The zero-order valence-corrected chi connectivity index (χ0v) is 18.8. The van der Waals surface area contributed by atoms with Gasteiger partial charge in [-0.05, 0) is 32.3 Å². The molecule has 0 aliphatic carbocycles. The molecule has 0 unspecified atom stereocenters. The van der Waals surface area contributed by atoms with Gasteiger partial charge in [-0.1, -0.05) is 0 Å². The molecule has 3 heterocycles. The number of hydrogen-bond donors (Lipinski definition) is 1. The third-order valence-corrected chi connectivity index (χ3v) is 6.58. The Morgan fingerprint density at radius 1 is 1.33 bits per heavy atom. The normalized spacial score (nSPS) is 14.5. The van der Waals surface area contributed by atoms with E-state index in [-0.39, 0.29) is 42.0 Å². The summed E-state index contributed by atoms with van der Waals surface area (Å²) in [6.07, 6.45) is 1.86. The minimum atomic E-state index is -0.611. The van der Waals surface area contributed by atoms with Crippen LogP contribution in [0.1, 0.15) is 31.4 Å². The van der Waals surface area contributed by atoms with Gasteiger partial charge in [-0.3, -0.25) is 24.3 Å². The molecule has 1 fully saturated rings. The van der Waals surface area contributed by atoms with Crippen molar-refractivity contribution in [2.45, 2.75) is 39.2 Å². The fourth-order valence-corrected chi connectivity index (χ4v) is 4.63. The summed E-state index contributed by atoms with van der Waals surface area (Å²) in [6.45, 7) is 3.15. The first-order chi connectivity index (χ1) is 15.8. The topological polar surface area (TPSA) is 141 Å². The fraction of sp³-hybridized carbons (Fsp3) is 0.429. The highest BCUT2D eigenvalue weighted by molar-refractivity contribution is 7.13. The summed E-state index contributed by atoms with van der Waals surface area (Å²) in [5.74, 6) is -0.859. The molecule has 0 spiro atoms. The number of nitrogens with zero attached hydrogens (tertiary/aromatic N) is 4. The number of nitrogens with one attached hydrogen (secondary N) is 1. The van der Waals surface area contributed by atoms with Crippen molar-refractivity contribution >= 4 is 45.1 Å². The van der Waals surface area contributed by atoms with E-state index in [1.165, 1.54) is 34.1 Å². The van der Waals surface area contributed by atoms with Gasteiger partial charge < -0.3 is 14.6 Å². The maximum Gasteiger partial charge on any atom is 0.419 e. The lowest BCUT2D eigenvalue weighted by Crippen LogP contribution is -2.41. The Balaban J connectivity index is 1.26. The number of piperidine rings is 1. The number of hydrogen-bond acceptors (Lipinski definition) is 8. The number of amides is 2. The molecule has 1 aromatic carbocycles. The van der Waals surface area contributed by atoms with E-state index in [1.54, 1.807) is 4.90 Å². The number of likely N-dealkylation sites (tertiary alicyclic amines) is 1. The second-order valence-corrected chi connectivity index (χ2v) is 8.83. The summed E-state index contributed by atoms with van der Waals surface area (Å²) in [5, 5.41) is 16.2. The molecular weight excluding hydrogens is 450 g/mol. The number of nitro groups is 1. The standard InChI is InChI=1S/C21H23N5O6S/c1-13-12-33-20(22-13)23-19(28)14-6-9-24(10-7-14)18(27)3-2-8-25-16-5-4-15(26(30)31)11-17(16)32-21(25)29/h4-5,11-12,14H,2-3,6-10H2,1H3,(H,22,23,28). The van der Waals surface area contributed by atoms with Gasteiger partial charge in [0.15, 0.2) is 10.7 Å². The van der Waals surface area contributed by atoms with Crippen molar-refractivity contribution in [1.29, 1.82) is 0 Å². The van der Waals surface area contributed by atoms with Gasteiger partial charge in [0.2, 0.25) is 11.8 Å². The quantitative estimate of drug-likeness (QED) is 0.411. The minimum Gasteiger partial charge on any atom is -0.407 e. The van der Waals surface area contributed by atoms with Crippen LogP contribution in [0, 0.1) is 23.0 Å². The van der Waals surface area contributed by atoms with E-state index in [0.717, 1.165) is 5.69 Å². The van der Waals surface area contributed by atoms with Crippen LogP contribution >= 0.6 is 11.3 Å². The Kier molecular flexibility index (Phi) is 6.54. The molecule has 0 atom stereocenters. The zero-order valence-electron chi connectivity index (χ0n) is 18.0. The highest BCUT2D eigenvalue weighted by Crippen LogP contribution is 2.23. The number of rotatable bonds is 7. The van der Waals surface area contributed by atoms with Crippen molar-refractivity contribution < 1.29 is 18.9 Å². The summed E-state index contributed by atoms with van der Waals surface area (Å²) in [5.41, 5.74) is 1.31. The average Bonchev–Trinajstić information content (AvgIpc) is 3.35. The third-order valence-electron chi connectivity index (χ3n) is 5.70. The number of carbonyl (C=O) groups is 2. The summed E-state index contributed by atoms with van der Waals surface area (Å²) in [4.78, 5) is 53.5. The van der Waals surface area contributed by atoms with E-state index in [9.17, 15) is 24.5 Å². The van der Waals surface area contributed by atoms with Gasteiger partial charge in [-0.2, -0.15) is 0 Å². The van der Waals surface area contributed by atoms with Gasteiger partial charge in [-0.15, -0.1) is 11.3 Å². The lowest BCUT2D eigenvalue weighted by atomic mass is 9.95. The smallest absolute Gasteiger partial charge is 0.407 e. The van der Waals surface area contributed by atoms with Crippen LogP contribution in [0.15, 0.2) is 32.8 Å². The Morgan fingerprint density at radius 2 is 2.09 bits per heavy atom. The number of anilines is 1. The Hall–Kier alpha value is -3.54. The van der Waals surface area contributed by atoms with Crippen LogP contribution in [-0.2, 0) is 16.1 Å². The number of oxazole rings is 1. The number of non-ortho nitro benzene ring substituents is 1. The van der Waals surface area contributed by atoms with E-state index in [1.807, 2.05) is 12.3 Å². The predicted molar refractivity (Wildman–Crippen MR) is 121 cm³/mol. The van der Waals surface area contributed by atoms with Gasteiger partial charge in [0.1, 0.15) is 0 Å². The van der Waals surface area contributed by atoms with Crippen molar-refractivity contribution in [1.82, 2.24) is 14.5 Å². The van der Waals surface area contributed by atoms with Crippen LogP contribution in [0.4, 0.5) is 10.8 Å². The molecule has 0 radical (unpaired) electrons. The number of fused-ring (bicyclic) bond motifs is 1. The average molecular weight is 474 g/mol. The molecule has 0 saturated carbocycles. The monoisotopic (exact) mass is 473 g/mol. The Bertz CT molecular complexity index is 1250. The van der Waals surface area contributed by atoms with Crippen molar-refractivity contribution in [3.63, 3.8) is 0 Å². The molecule has 3 aromatic rings. The van der Waals surface area contributed by atoms with Crippen LogP contribution < -0.4 is 11.1 Å². The molecule has 1 N–H and O–H groups in total. The van der Waals surface area contributed by atoms with Crippen LogP contribution in [0.25, 0.3) is 11.1 Å². The molecule has 12 heteroatoms. The van der Waals surface area contributed by atoms with Gasteiger partial charge in [-0.25, -0.2) is 9.78 Å². The molecular formula is C21H23N5O6S. The highest BCUT2D eigenvalue weighted by atomic mass is 32.1. The Morgan fingerprint density at radius 3 is 2.76 bits per heavy atom. The molecule has 1 aliphatic heterocycles. The maximum atomic E-state index is 12.6. The van der Waals surface area contributed by atoms with E-state index in [4.69, 9.17) is 4.42 Å². The van der Waals surface area contributed by atoms with Crippen molar-refractivity contribution in [3.8, 4) is 0 Å². The maximum absolute atomic E-state index is 12.6. The lowest BCUT2D eigenvalue weighted by molar-refractivity contribution is -0.384. The lowest BCUT2D eigenvalue weighted by Gasteiger charge is -2.31. The van der Waals surface area contributed by atoms with Gasteiger partial charge in [0.05, 0.1) is 22.2 Å². The van der Waals surface area contributed by atoms with Gasteiger partial charge >= 0.3 is 5.76 Å². The largest absolute Gasteiger partial charge is 0.419 e. The molecule has 174 valence electrons. The van der Waals surface area contributed by atoms with Gasteiger partial charge in [0.25, 0.3) is 5.69 Å². The van der Waals surface area contributed by atoms with Crippen LogP contribution in [0.2, 0.25) is 0 Å². The summed E-state index contributed by atoms with van der Waals surface area (Å²) in [7, 11) is 0. The first-order valence-electron chi connectivity index (χ1n) is 10.6. The van der Waals surface area contributed by atoms with E-state index < -0.39 is 10.7 Å². The third kappa shape index (κ3) is 5.11. The van der Waals surface area contributed by atoms with Crippen LogP contribution in [0.3, 0.4) is 0 Å². The first kappa shape index (κ1) is 22.6. The molecule has 4 rings (SSSR count). The van der Waals surface area contributed by atoms with Crippen molar-refractivity contribution in [2.24, 2.45) is 5.92 Å². The summed E-state index contributed by atoms with van der Waals surface area (Å²) >= 11 is 1.39. The number of carbonyl (C=O) groups excluding carboxylic acids is 2. The molecule has 2 amide bonds. The summed E-state index contributed by atoms with van der Waals surface area (Å²) < 4.78 is 6.49. The number of aryl methyl sites for hydroxylation is 2. The van der Waals surface area contributed by atoms with Crippen molar-refractivity contribution in [2.75, 3.05) is 18.4 Å². The highest BCUT2D eigenvalue weighted by Gasteiger charge is 2.27. The first-order valence-corrected chi connectivity index (χ1v) is 11.5. The van der Waals surface area contributed by atoms with E-state index >= 15 is 0 Å². The molecule has 2 aromatic heterocycles. The van der Waals surface area contributed by atoms with Crippen molar-refractivity contribution in [3.05, 3.63) is 49.9 Å². The molecule has 0 bridgehead atoms. The molecule has 1 aliphatic rings. The summed E-state index contributed by atoms with van der Waals surface area (Å²) in [6, 6.07) is 4.01. The second kappa shape index (κ2) is 9.53. The number of benzene rings is 1. The van der Waals surface area contributed by atoms with Gasteiger partial charge in [0, 0.05) is 43.4 Å². The van der Waals surface area contributed by atoms with Crippen LogP contribution in [0.5, 0.6) is 0 Å². The Labute approximate surface area is 192 Å².